The second kappa shape index (κ2) is 24.7. The zero-order valence-corrected chi connectivity index (χ0v) is 20.6. The molecule has 0 aromatic heterocycles. The number of rotatable bonds is 24. The van der Waals surface area contributed by atoms with Crippen molar-refractivity contribution in [1.29, 1.82) is 0 Å². The summed E-state index contributed by atoms with van der Waals surface area (Å²) < 4.78 is 4.65. The van der Waals surface area contributed by atoms with E-state index < -0.39 is 0 Å². The van der Waals surface area contributed by atoms with Crippen LogP contribution in [0, 0.1) is 0 Å². The molecular formula is C27H54O3. The monoisotopic (exact) mass is 426 g/mol. The molecule has 3 heteroatoms. The summed E-state index contributed by atoms with van der Waals surface area (Å²) in [6, 6.07) is 0. The Labute approximate surface area is 188 Å². The van der Waals surface area contributed by atoms with Crippen molar-refractivity contribution < 1.29 is 14.6 Å². The molecule has 0 heterocycles. The maximum absolute atomic E-state index is 11.0. The van der Waals surface area contributed by atoms with Gasteiger partial charge in [-0.15, -0.1) is 0 Å². The van der Waals surface area contributed by atoms with Gasteiger partial charge in [0.25, 0.3) is 0 Å². The highest BCUT2D eigenvalue weighted by Crippen LogP contribution is 2.16. The summed E-state index contributed by atoms with van der Waals surface area (Å²) in [7, 11) is 1.46. The molecule has 0 fully saturated rings. The molecule has 0 radical (unpaired) electrons. The minimum absolute atomic E-state index is 0.0577. The normalized spacial score (nSPS) is 12.2. The molecule has 0 bridgehead atoms. The van der Waals surface area contributed by atoms with E-state index in [-0.39, 0.29) is 12.1 Å². The number of unbranched alkanes of at least 4 members (excludes halogenated alkanes) is 18. The molecule has 1 N–H and O–H groups in total. The van der Waals surface area contributed by atoms with Crippen molar-refractivity contribution in [3.63, 3.8) is 0 Å². The van der Waals surface area contributed by atoms with Crippen molar-refractivity contribution >= 4 is 5.97 Å². The fourth-order valence-electron chi connectivity index (χ4n) is 4.18. The van der Waals surface area contributed by atoms with E-state index in [1.54, 1.807) is 0 Å². The van der Waals surface area contributed by atoms with Crippen molar-refractivity contribution in [2.75, 3.05) is 7.11 Å². The van der Waals surface area contributed by atoms with Crippen molar-refractivity contribution in [1.82, 2.24) is 0 Å². The number of carbonyl (C=O) groups excluding carboxylic acids is 1. The second-order valence-electron chi connectivity index (χ2n) is 9.27. The van der Waals surface area contributed by atoms with Gasteiger partial charge in [-0.3, -0.25) is 4.79 Å². The highest BCUT2D eigenvalue weighted by molar-refractivity contribution is 5.68. The van der Waals surface area contributed by atoms with Crippen molar-refractivity contribution in [2.45, 2.75) is 161 Å². The van der Waals surface area contributed by atoms with Gasteiger partial charge in [0, 0.05) is 6.42 Å². The van der Waals surface area contributed by atoms with Gasteiger partial charge in [0.05, 0.1) is 13.2 Å². The molecule has 0 amide bonds. The Hall–Kier alpha value is -0.570. The molecule has 1 unspecified atom stereocenters. The van der Waals surface area contributed by atoms with Crippen LogP contribution in [0.15, 0.2) is 0 Å². The highest BCUT2D eigenvalue weighted by Gasteiger charge is 2.04. The lowest BCUT2D eigenvalue weighted by atomic mass is 10.0. The third kappa shape index (κ3) is 23.7. The average molecular weight is 427 g/mol. The van der Waals surface area contributed by atoms with Gasteiger partial charge in [-0.2, -0.15) is 0 Å². The van der Waals surface area contributed by atoms with Crippen LogP contribution >= 0.6 is 0 Å². The van der Waals surface area contributed by atoms with Crippen LogP contribution in [0.5, 0.6) is 0 Å². The molecule has 0 rings (SSSR count). The van der Waals surface area contributed by atoms with Gasteiger partial charge in [0.2, 0.25) is 0 Å². The maximum atomic E-state index is 11.0. The van der Waals surface area contributed by atoms with E-state index in [0.717, 1.165) is 25.7 Å². The predicted molar refractivity (Wildman–Crippen MR) is 130 cm³/mol. The number of aliphatic hydroxyl groups is 1. The maximum Gasteiger partial charge on any atom is 0.305 e. The van der Waals surface area contributed by atoms with E-state index in [4.69, 9.17) is 0 Å². The summed E-state index contributed by atoms with van der Waals surface area (Å²) in [5.41, 5.74) is 0. The first kappa shape index (κ1) is 29.4. The molecular weight excluding hydrogens is 372 g/mol. The van der Waals surface area contributed by atoms with E-state index in [9.17, 15) is 9.90 Å². The van der Waals surface area contributed by atoms with Crippen molar-refractivity contribution in [3.05, 3.63) is 0 Å². The van der Waals surface area contributed by atoms with Crippen LogP contribution in [-0.2, 0) is 9.53 Å². The fraction of sp³-hybridized carbons (Fsp3) is 0.963. The van der Waals surface area contributed by atoms with Crippen LogP contribution < -0.4 is 0 Å². The third-order valence-electron chi connectivity index (χ3n) is 6.29. The number of hydrogen-bond donors (Lipinski definition) is 1. The summed E-state index contributed by atoms with van der Waals surface area (Å²) in [6.45, 7) is 2.27. The van der Waals surface area contributed by atoms with Crippen LogP contribution in [0.1, 0.15) is 155 Å². The second-order valence-corrected chi connectivity index (χ2v) is 9.27. The molecule has 0 saturated heterocycles. The number of aliphatic hydroxyl groups excluding tert-OH is 1. The van der Waals surface area contributed by atoms with Gasteiger partial charge in [-0.05, 0) is 19.3 Å². The molecule has 1 atom stereocenters. The van der Waals surface area contributed by atoms with Crippen LogP contribution in [0.2, 0.25) is 0 Å². The number of carbonyl (C=O) groups is 1. The Morgan fingerprint density at radius 2 is 0.933 bits per heavy atom. The first-order valence-corrected chi connectivity index (χ1v) is 13.5. The summed E-state index contributed by atoms with van der Waals surface area (Å²) >= 11 is 0. The Bertz CT molecular complexity index is 343. The highest BCUT2D eigenvalue weighted by atomic mass is 16.5. The molecule has 0 aliphatic carbocycles. The molecule has 30 heavy (non-hydrogen) atoms. The summed E-state index contributed by atoms with van der Waals surface area (Å²) in [6.07, 6.45) is 28.6. The number of hydrogen-bond acceptors (Lipinski definition) is 3. The quantitative estimate of drug-likeness (QED) is 0.124. The third-order valence-corrected chi connectivity index (χ3v) is 6.29. The molecule has 0 spiro atoms. The standard InChI is InChI=1S/C27H54O3/c1-3-4-5-6-7-14-17-20-23-26(28)24-21-18-15-12-10-8-9-11-13-16-19-22-25-27(29)30-2/h26,28H,3-25H2,1-2H3. The molecule has 0 saturated carbocycles. The smallest absolute Gasteiger partial charge is 0.305 e. The molecule has 180 valence electrons. The van der Waals surface area contributed by atoms with E-state index in [1.807, 2.05) is 0 Å². The zero-order chi connectivity index (χ0) is 22.1. The average Bonchev–Trinajstić information content (AvgIpc) is 2.75. The number of methoxy groups -OCH3 is 1. The van der Waals surface area contributed by atoms with Crippen molar-refractivity contribution in [3.8, 4) is 0 Å². The Kier molecular flexibility index (Phi) is 24.2. The van der Waals surface area contributed by atoms with Gasteiger partial charge in [0.1, 0.15) is 0 Å². The predicted octanol–water partition coefficient (Wildman–Crippen LogP) is 8.51. The lowest BCUT2D eigenvalue weighted by molar-refractivity contribution is -0.140. The summed E-state index contributed by atoms with van der Waals surface area (Å²) in [4.78, 5) is 11.0. The zero-order valence-electron chi connectivity index (χ0n) is 20.6. The molecule has 3 nitrogen and oxygen atoms in total. The Balaban J connectivity index is 3.15. The van der Waals surface area contributed by atoms with E-state index in [2.05, 4.69) is 11.7 Å². The summed E-state index contributed by atoms with van der Waals surface area (Å²) in [5.74, 6) is -0.0759. The fourth-order valence-corrected chi connectivity index (χ4v) is 4.18. The SMILES string of the molecule is CCCCCCCCCCC(O)CCCCCCCCCCCCCCC(=O)OC. The van der Waals surface area contributed by atoms with Gasteiger partial charge in [0.15, 0.2) is 0 Å². The Morgan fingerprint density at radius 3 is 1.30 bits per heavy atom. The van der Waals surface area contributed by atoms with Gasteiger partial charge in [-0.25, -0.2) is 0 Å². The molecule has 0 aliphatic rings. The van der Waals surface area contributed by atoms with Gasteiger partial charge < -0.3 is 9.84 Å². The number of esters is 1. The van der Waals surface area contributed by atoms with Crippen molar-refractivity contribution in [2.24, 2.45) is 0 Å². The minimum Gasteiger partial charge on any atom is -0.469 e. The summed E-state index contributed by atoms with van der Waals surface area (Å²) in [5, 5.41) is 10.1. The van der Waals surface area contributed by atoms with Crippen LogP contribution in [-0.4, -0.2) is 24.3 Å². The Morgan fingerprint density at radius 1 is 0.600 bits per heavy atom. The number of ether oxygens (including phenoxy) is 1. The van der Waals surface area contributed by atoms with Gasteiger partial charge in [-0.1, -0.05) is 129 Å². The van der Waals surface area contributed by atoms with Crippen LogP contribution in [0.25, 0.3) is 0 Å². The van der Waals surface area contributed by atoms with Crippen LogP contribution in [0.4, 0.5) is 0 Å². The molecule has 0 aromatic carbocycles. The largest absolute Gasteiger partial charge is 0.469 e. The lowest BCUT2D eigenvalue weighted by Gasteiger charge is -2.10. The first-order chi connectivity index (χ1) is 14.7. The van der Waals surface area contributed by atoms with Crippen LogP contribution in [0.3, 0.4) is 0 Å². The van der Waals surface area contributed by atoms with Gasteiger partial charge >= 0.3 is 5.97 Å². The van der Waals surface area contributed by atoms with E-state index in [1.165, 1.54) is 123 Å². The van der Waals surface area contributed by atoms with E-state index >= 15 is 0 Å². The lowest BCUT2D eigenvalue weighted by Crippen LogP contribution is -2.05. The minimum atomic E-state index is -0.0759. The topological polar surface area (TPSA) is 46.5 Å². The first-order valence-electron chi connectivity index (χ1n) is 13.5. The van der Waals surface area contributed by atoms with E-state index in [0.29, 0.717) is 6.42 Å². The molecule has 0 aromatic rings. The molecule has 0 aliphatic heterocycles.